The molecular weight excluding hydrogens is 260 g/mol. The summed E-state index contributed by atoms with van der Waals surface area (Å²) in [6, 6.07) is 9.89. The van der Waals surface area contributed by atoms with Gasteiger partial charge in [-0.25, -0.2) is 0 Å². The van der Waals surface area contributed by atoms with Gasteiger partial charge in [0, 0.05) is 0 Å². The van der Waals surface area contributed by atoms with Crippen molar-refractivity contribution in [2.24, 2.45) is 0 Å². The van der Waals surface area contributed by atoms with Crippen molar-refractivity contribution in [3.63, 3.8) is 0 Å². The van der Waals surface area contributed by atoms with Crippen molar-refractivity contribution in [2.75, 3.05) is 6.61 Å². The van der Waals surface area contributed by atoms with Crippen LogP contribution in [0.3, 0.4) is 0 Å². The molecular formula is C15H20O5. The van der Waals surface area contributed by atoms with Gasteiger partial charge in [-0.3, -0.25) is 0 Å². The minimum absolute atomic E-state index is 0.112. The Morgan fingerprint density at radius 2 is 1.95 bits per heavy atom. The summed E-state index contributed by atoms with van der Waals surface area (Å²) in [5.74, 6) is -0.676. The smallest absolute Gasteiger partial charge is 0.190 e. The monoisotopic (exact) mass is 280 g/mol. The van der Waals surface area contributed by atoms with Crippen LogP contribution in [0.1, 0.15) is 19.4 Å². The topological polar surface area (TPSA) is 57.2 Å². The normalized spacial score (nSPS) is 35.1. The van der Waals surface area contributed by atoms with Crippen molar-refractivity contribution in [3.05, 3.63) is 35.9 Å². The molecule has 5 heteroatoms. The highest BCUT2D eigenvalue weighted by atomic mass is 16.8. The molecule has 0 aromatic heterocycles. The van der Waals surface area contributed by atoms with Crippen molar-refractivity contribution in [2.45, 2.75) is 50.8 Å². The van der Waals surface area contributed by atoms with Crippen LogP contribution >= 0.6 is 0 Å². The number of aliphatic hydroxyl groups is 1. The molecule has 4 atom stereocenters. The molecule has 2 aliphatic heterocycles. The SMILES string of the molecule is CC1(C)O[C@H]2O[C@@H](CO)[C@H](OCc3ccccc3)[C@H]2O1. The number of fused-ring (bicyclic) bond motifs is 1. The third kappa shape index (κ3) is 2.73. The van der Waals surface area contributed by atoms with Crippen molar-refractivity contribution >= 4 is 0 Å². The summed E-state index contributed by atoms with van der Waals surface area (Å²) in [4.78, 5) is 0. The minimum Gasteiger partial charge on any atom is -0.394 e. The highest BCUT2D eigenvalue weighted by Crippen LogP contribution is 2.38. The van der Waals surface area contributed by atoms with E-state index in [-0.39, 0.29) is 18.8 Å². The average Bonchev–Trinajstić information content (AvgIpc) is 2.89. The molecule has 1 aromatic carbocycles. The molecule has 0 aliphatic carbocycles. The Hall–Kier alpha value is -0.980. The summed E-state index contributed by atoms with van der Waals surface area (Å²) < 4.78 is 23.0. The molecule has 5 nitrogen and oxygen atoms in total. The first-order valence-electron chi connectivity index (χ1n) is 6.86. The molecule has 2 heterocycles. The quantitative estimate of drug-likeness (QED) is 0.904. The van der Waals surface area contributed by atoms with Crippen LogP contribution in [-0.2, 0) is 25.6 Å². The summed E-state index contributed by atoms with van der Waals surface area (Å²) in [6.07, 6.45) is -1.51. The number of benzene rings is 1. The molecule has 2 fully saturated rings. The zero-order chi connectivity index (χ0) is 14.2. The average molecular weight is 280 g/mol. The molecule has 3 rings (SSSR count). The maximum atomic E-state index is 9.40. The first-order valence-corrected chi connectivity index (χ1v) is 6.86. The lowest BCUT2D eigenvalue weighted by molar-refractivity contribution is -0.222. The van der Waals surface area contributed by atoms with Gasteiger partial charge in [0.1, 0.15) is 18.3 Å². The van der Waals surface area contributed by atoms with Crippen molar-refractivity contribution in [3.8, 4) is 0 Å². The summed E-state index contributed by atoms with van der Waals surface area (Å²) in [5, 5.41) is 9.40. The van der Waals surface area contributed by atoms with E-state index >= 15 is 0 Å². The minimum atomic E-state index is -0.676. The number of ether oxygens (including phenoxy) is 4. The second kappa shape index (κ2) is 5.42. The molecule has 1 N–H and O–H groups in total. The highest BCUT2D eigenvalue weighted by Gasteiger charge is 2.55. The molecule has 1 aromatic rings. The van der Waals surface area contributed by atoms with Crippen LogP contribution in [0.15, 0.2) is 30.3 Å². The van der Waals surface area contributed by atoms with Crippen molar-refractivity contribution in [1.29, 1.82) is 0 Å². The van der Waals surface area contributed by atoms with E-state index < -0.39 is 18.2 Å². The number of hydrogen-bond acceptors (Lipinski definition) is 5. The summed E-state index contributed by atoms with van der Waals surface area (Å²) >= 11 is 0. The third-order valence-corrected chi connectivity index (χ3v) is 3.55. The molecule has 2 saturated heterocycles. The summed E-state index contributed by atoms with van der Waals surface area (Å²) in [7, 11) is 0. The van der Waals surface area contributed by atoms with Crippen molar-refractivity contribution in [1.82, 2.24) is 0 Å². The molecule has 0 spiro atoms. The largest absolute Gasteiger partial charge is 0.394 e. The maximum absolute atomic E-state index is 9.40. The van der Waals surface area contributed by atoms with E-state index in [9.17, 15) is 5.11 Å². The van der Waals surface area contributed by atoms with Gasteiger partial charge in [-0.15, -0.1) is 0 Å². The van der Waals surface area contributed by atoms with Gasteiger partial charge >= 0.3 is 0 Å². The highest BCUT2D eigenvalue weighted by molar-refractivity contribution is 5.13. The number of aliphatic hydroxyl groups excluding tert-OH is 1. The molecule has 20 heavy (non-hydrogen) atoms. The van der Waals surface area contributed by atoms with Crippen LogP contribution in [0.5, 0.6) is 0 Å². The van der Waals surface area contributed by atoms with Gasteiger partial charge in [0.2, 0.25) is 0 Å². The fraction of sp³-hybridized carbons (Fsp3) is 0.600. The zero-order valence-electron chi connectivity index (χ0n) is 11.7. The Morgan fingerprint density at radius 3 is 2.65 bits per heavy atom. The van der Waals surface area contributed by atoms with Gasteiger partial charge in [0.25, 0.3) is 0 Å². The molecule has 0 amide bonds. The Labute approximate surface area is 118 Å². The van der Waals surface area contributed by atoms with Gasteiger partial charge in [0.05, 0.1) is 13.2 Å². The van der Waals surface area contributed by atoms with Gasteiger partial charge in [-0.2, -0.15) is 0 Å². The van der Waals surface area contributed by atoms with Crippen LogP contribution in [0.25, 0.3) is 0 Å². The molecule has 110 valence electrons. The van der Waals surface area contributed by atoms with Crippen LogP contribution < -0.4 is 0 Å². The van der Waals surface area contributed by atoms with E-state index in [2.05, 4.69) is 0 Å². The van der Waals surface area contributed by atoms with E-state index in [1.54, 1.807) is 0 Å². The van der Waals surface area contributed by atoms with Crippen LogP contribution in [0, 0.1) is 0 Å². The van der Waals surface area contributed by atoms with E-state index in [0.717, 1.165) is 5.56 Å². The third-order valence-electron chi connectivity index (χ3n) is 3.55. The van der Waals surface area contributed by atoms with Gasteiger partial charge in [0.15, 0.2) is 12.1 Å². The van der Waals surface area contributed by atoms with Crippen LogP contribution in [0.2, 0.25) is 0 Å². The molecule has 0 saturated carbocycles. The van der Waals surface area contributed by atoms with E-state index in [1.165, 1.54) is 0 Å². The molecule has 0 bridgehead atoms. The Kier molecular flexibility index (Phi) is 3.79. The second-order valence-electron chi connectivity index (χ2n) is 5.59. The van der Waals surface area contributed by atoms with E-state index in [1.807, 2.05) is 44.2 Å². The molecule has 0 radical (unpaired) electrons. The molecule has 0 unspecified atom stereocenters. The lowest BCUT2D eigenvalue weighted by atomic mass is 10.1. The van der Waals surface area contributed by atoms with Gasteiger partial charge in [-0.05, 0) is 19.4 Å². The molecule has 2 aliphatic rings. The second-order valence-corrected chi connectivity index (χ2v) is 5.59. The van der Waals surface area contributed by atoms with Gasteiger partial charge in [-0.1, -0.05) is 30.3 Å². The first-order chi connectivity index (χ1) is 9.59. The summed E-state index contributed by atoms with van der Waals surface area (Å²) in [6.45, 7) is 4.03. The standard InChI is InChI=1S/C15H20O5/c1-15(2)19-13-12(11(8-16)18-14(13)20-15)17-9-10-6-4-3-5-7-10/h3-7,11-14,16H,8-9H2,1-2H3/t11-,12-,13+,14+/m0/s1. The predicted molar refractivity (Wildman–Crippen MR) is 70.8 cm³/mol. The fourth-order valence-corrected chi connectivity index (χ4v) is 2.66. The van der Waals surface area contributed by atoms with Crippen LogP contribution in [-0.4, -0.2) is 42.1 Å². The maximum Gasteiger partial charge on any atom is 0.190 e. The number of rotatable bonds is 4. The zero-order valence-corrected chi connectivity index (χ0v) is 11.7. The number of hydrogen-bond donors (Lipinski definition) is 1. The van der Waals surface area contributed by atoms with E-state index in [4.69, 9.17) is 18.9 Å². The lowest BCUT2D eigenvalue weighted by Gasteiger charge is -2.25. The predicted octanol–water partition coefficient (Wildman–Crippen LogP) is 1.44. The van der Waals surface area contributed by atoms with E-state index in [0.29, 0.717) is 6.61 Å². The lowest BCUT2D eigenvalue weighted by Crippen LogP contribution is -2.38. The Morgan fingerprint density at radius 1 is 1.20 bits per heavy atom. The fourth-order valence-electron chi connectivity index (χ4n) is 2.66. The summed E-state index contributed by atoms with van der Waals surface area (Å²) in [5.41, 5.74) is 1.07. The first kappa shape index (κ1) is 14.0. The van der Waals surface area contributed by atoms with Crippen LogP contribution in [0.4, 0.5) is 0 Å². The Balaban J connectivity index is 1.67. The van der Waals surface area contributed by atoms with Gasteiger partial charge < -0.3 is 24.1 Å². The van der Waals surface area contributed by atoms with Crippen molar-refractivity contribution < 1.29 is 24.1 Å². The Bertz CT molecular complexity index is 447.